The molecule has 0 bridgehead atoms. The van der Waals surface area contributed by atoms with Gasteiger partial charge in [-0.2, -0.15) is 0 Å². The number of benzene rings is 1. The maximum Gasteiger partial charge on any atom is 0.0402 e. The fraction of sp³-hybridized carbons (Fsp3) is 0.625. The minimum absolute atomic E-state index is 0.603. The molecule has 0 aliphatic carbocycles. The van der Waals surface area contributed by atoms with Gasteiger partial charge in [-0.1, -0.05) is 26.0 Å². The molecule has 1 aromatic rings. The molecule has 0 radical (unpaired) electrons. The number of rotatable bonds is 4. The molecule has 1 N–H and O–H groups in total. The molecule has 0 saturated carbocycles. The molecule has 1 atom stereocenters. The van der Waals surface area contributed by atoms with E-state index in [1.165, 1.54) is 17.7 Å². The summed E-state index contributed by atoms with van der Waals surface area (Å²) in [6.07, 6.45) is 2.41. The van der Waals surface area contributed by atoms with Crippen LogP contribution in [0.1, 0.15) is 38.3 Å². The molecule has 2 heteroatoms. The molecular formula is C16H26N2. The van der Waals surface area contributed by atoms with Crippen molar-refractivity contribution >= 4 is 5.69 Å². The van der Waals surface area contributed by atoms with Gasteiger partial charge in [0.25, 0.3) is 0 Å². The molecule has 2 rings (SSSR count). The number of hydrogen-bond donors (Lipinski definition) is 1. The monoisotopic (exact) mass is 246 g/mol. The molecule has 1 aromatic carbocycles. The molecule has 0 amide bonds. The van der Waals surface area contributed by atoms with Crippen LogP contribution in [0.4, 0.5) is 5.69 Å². The highest BCUT2D eigenvalue weighted by molar-refractivity contribution is 5.57. The SMILES string of the molecule is CC(C)CC(C)N(C)c1cccc2c1CCNC2. The van der Waals surface area contributed by atoms with Crippen molar-refractivity contribution in [2.24, 2.45) is 5.92 Å². The van der Waals surface area contributed by atoms with Gasteiger partial charge in [0, 0.05) is 25.3 Å². The lowest BCUT2D eigenvalue weighted by atomic mass is 9.97. The Morgan fingerprint density at radius 1 is 1.28 bits per heavy atom. The number of nitrogens with one attached hydrogen (secondary N) is 1. The smallest absolute Gasteiger partial charge is 0.0402 e. The van der Waals surface area contributed by atoms with E-state index in [2.05, 4.69) is 56.2 Å². The molecule has 1 heterocycles. The van der Waals surface area contributed by atoms with Crippen LogP contribution in [0.5, 0.6) is 0 Å². The van der Waals surface area contributed by atoms with Crippen molar-refractivity contribution in [2.45, 2.75) is 46.2 Å². The van der Waals surface area contributed by atoms with Crippen molar-refractivity contribution in [2.75, 3.05) is 18.5 Å². The van der Waals surface area contributed by atoms with E-state index in [1.54, 1.807) is 5.56 Å². The molecule has 0 saturated heterocycles. The van der Waals surface area contributed by atoms with Crippen LogP contribution in [0.2, 0.25) is 0 Å². The molecule has 0 spiro atoms. The third-order valence-corrected chi connectivity index (χ3v) is 3.97. The lowest BCUT2D eigenvalue weighted by Gasteiger charge is -2.32. The third kappa shape index (κ3) is 2.86. The zero-order valence-corrected chi connectivity index (χ0v) is 12.2. The van der Waals surface area contributed by atoms with E-state index in [0.717, 1.165) is 25.4 Å². The zero-order valence-electron chi connectivity index (χ0n) is 12.2. The normalized spacial score (nSPS) is 16.5. The minimum atomic E-state index is 0.603. The van der Waals surface area contributed by atoms with Crippen molar-refractivity contribution in [1.29, 1.82) is 0 Å². The van der Waals surface area contributed by atoms with Gasteiger partial charge in [0.1, 0.15) is 0 Å². The predicted molar refractivity (Wildman–Crippen MR) is 79.2 cm³/mol. The van der Waals surface area contributed by atoms with Crippen LogP contribution >= 0.6 is 0 Å². The van der Waals surface area contributed by atoms with Crippen LogP contribution in [0.25, 0.3) is 0 Å². The van der Waals surface area contributed by atoms with E-state index in [-0.39, 0.29) is 0 Å². The van der Waals surface area contributed by atoms with E-state index in [9.17, 15) is 0 Å². The molecule has 1 aliphatic rings. The molecule has 100 valence electrons. The highest BCUT2D eigenvalue weighted by Gasteiger charge is 2.18. The van der Waals surface area contributed by atoms with Crippen molar-refractivity contribution in [3.63, 3.8) is 0 Å². The van der Waals surface area contributed by atoms with Crippen LogP contribution in [0.3, 0.4) is 0 Å². The summed E-state index contributed by atoms with van der Waals surface area (Å²) in [7, 11) is 2.24. The summed E-state index contributed by atoms with van der Waals surface area (Å²) in [6.45, 7) is 9.07. The van der Waals surface area contributed by atoms with Crippen LogP contribution in [-0.2, 0) is 13.0 Å². The fourth-order valence-electron chi connectivity index (χ4n) is 2.92. The summed E-state index contributed by atoms with van der Waals surface area (Å²) in [5.41, 5.74) is 4.46. The minimum Gasteiger partial charge on any atom is -0.372 e. The highest BCUT2D eigenvalue weighted by Crippen LogP contribution is 2.28. The van der Waals surface area contributed by atoms with Crippen LogP contribution < -0.4 is 10.2 Å². The quantitative estimate of drug-likeness (QED) is 0.877. The first kappa shape index (κ1) is 13.4. The van der Waals surface area contributed by atoms with Gasteiger partial charge in [-0.15, -0.1) is 0 Å². The Morgan fingerprint density at radius 2 is 2.06 bits per heavy atom. The van der Waals surface area contributed by atoms with Crippen molar-refractivity contribution in [3.8, 4) is 0 Å². The molecular weight excluding hydrogens is 220 g/mol. The molecule has 1 aliphatic heterocycles. The van der Waals surface area contributed by atoms with Gasteiger partial charge in [0.2, 0.25) is 0 Å². The number of hydrogen-bond acceptors (Lipinski definition) is 2. The Balaban J connectivity index is 2.22. The standard InChI is InChI=1S/C16H26N2/c1-12(2)10-13(3)18(4)16-7-5-6-14-11-17-9-8-15(14)16/h5-7,12-13,17H,8-11H2,1-4H3. The van der Waals surface area contributed by atoms with Gasteiger partial charge < -0.3 is 10.2 Å². The van der Waals surface area contributed by atoms with Crippen molar-refractivity contribution < 1.29 is 0 Å². The number of fused-ring (bicyclic) bond motifs is 1. The van der Waals surface area contributed by atoms with Gasteiger partial charge in [0.15, 0.2) is 0 Å². The second-order valence-electron chi connectivity index (χ2n) is 5.93. The molecule has 2 nitrogen and oxygen atoms in total. The van der Waals surface area contributed by atoms with Gasteiger partial charge in [0.05, 0.1) is 0 Å². The van der Waals surface area contributed by atoms with E-state index in [1.807, 2.05) is 0 Å². The van der Waals surface area contributed by atoms with Crippen molar-refractivity contribution in [3.05, 3.63) is 29.3 Å². The van der Waals surface area contributed by atoms with Crippen LogP contribution in [0.15, 0.2) is 18.2 Å². The predicted octanol–water partition coefficient (Wildman–Crippen LogP) is 3.20. The van der Waals surface area contributed by atoms with E-state index < -0.39 is 0 Å². The average molecular weight is 246 g/mol. The Labute approximate surface area is 111 Å². The van der Waals surface area contributed by atoms with Crippen LogP contribution in [0, 0.1) is 5.92 Å². The van der Waals surface area contributed by atoms with Gasteiger partial charge in [-0.05, 0) is 49.4 Å². The molecule has 0 fully saturated rings. The Kier molecular flexibility index (Phi) is 4.28. The Morgan fingerprint density at radius 3 is 2.78 bits per heavy atom. The maximum atomic E-state index is 3.45. The number of nitrogens with zero attached hydrogens (tertiary/aromatic N) is 1. The maximum absolute atomic E-state index is 3.45. The summed E-state index contributed by atoms with van der Waals surface area (Å²) in [6, 6.07) is 7.33. The topological polar surface area (TPSA) is 15.3 Å². The lowest BCUT2D eigenvalue weighted by Crippen LogP contribution is -2.33. The second-order valence-corrected chi connectivity index (χ2v) is 5.93. The largest absolute Gasteiger partial charge is 0.372 e. The summed E-state index contributed by atoms with van der Waals surface area (Å²) < 4.78 is 0. The Hall–Kier alpha value is -1.02. The van der Waals surface area contributed by atoms with Crippen molar-refractivity contribution in [1.82, 2.24) is 5.32 Å². The highest BCUT2D eigenvalue weighted by atomic mass is 15.1. The van der Waals surface area contributed by atoms with Gasteiger partial charge >= 0.3 is 0 Å². The van der Waals surface area contributed by atoms with Gasteiger partial charge in [-0.3, -0.25) is 0 Å². The molecule has 0 aromatic heterocycles. The van der Waals surface area contributed by atoms with E-state index in [4.69, 9.17) is 0 Å². The van der Waals surface area contributed by atoms with Gasteiger partial charge in [-0.25, -0.2) is 0 Å². The summed E-state index contributed by atoms with van der Waals surface area (Å²) in [5, 5.41) is 3.45. The lowest BCUT2D eigenvalue weighted by molar-refractivity contribution is 0.502. The zero-order chi connectivity index (χ0) is 13.1. The molecule has 1 unspecified atom stereocenters. The average Bonchev–Trinajstić information content (AvgIpc) is 2.36. The van der Waals surface area contributed by atoms with E-state index in [0.29, 0.717) is 6.04 Å². The summed E-state index contributed by atoms with van der Waals surface area (Å²) in [5.74, 6) is 0.753. The summed E-state index contributed by atoms with van der Waals surface area (Å²) in [4.78, 5) is 2.46. The summed E-state index contributed by atoms with van der Waals surface area (Å²) >= 11 is 0. The van der Waals surface area contributed by atoms with Crippen LogP contribution in [-0.4, -0.2) is 19.6 Å². The second kappa shape index (κ2) is 5.75. The third-order valence-electron chi connectivity index (χ3n) is 3.97. The first-order valence-corrected chi connectivity index (χ1v) is 7.14. The van der Waals surface area contributed by atoms with E-state index >= 15 is 0 Å². The first-order chi connectivity index (χ1) is 8.59. The fourth-order valence-corrected chi connectivity index (χ4v) is 2.92. The first-order valence-electron chi connectivity index (χ1n) is 7.14. The number of anilines is 1. The molecule has 18 heavy (non-hydrogen) atoms. The Bertz CT molecular complexity index is 398.